The second-order valence-electron chi connectivity index (χ2n) is 4.32. The Morgan fingerprint density at radius 1 is 1.39 bits per heavy atom. The number of nitrogens with zero attached hydrogens (tertiary/aromatic N) is 1. The van der Waals surface area contributed by atoms with E-state index in [1.54, 1.807) is 11.8 Å². The Balaban J connectivity index is 4.96. The number of carbonyl (C=O) groups is 1. The molecule has 0 aromatic rings. The molecule has 0 radical (unpaired) electrons. The Morgan fingerprint density at radius 2 is 1.94 bits per heavy atom. The number of nitrogens with one attached hydrogen (secondary N) is 1. The molecular weight excluding hydrogens is 250 g/mol. The number of amides is 1. The molecule has 5 nitrogen and oxygen atoms in total. The van der Waals surface area contributed by atoms with E-state index in [1.807, 2.05) is 20.1 Å². The van der Waals surface area contributed by atoms with Gasteiger partial charge in [0.2, 0.25) is 5.91 Å². The molecule has 6 heteroatoms. The molecule has 0 aromatic carbocycles. The van der Waals surface area contributed by atoms with E-state index in [-0.39, 0.29) is 11.7 Å². The molecule has 18 heavy (non-hydrogen) atoms. The Labute approximate surface area is 114 Å². The first-order chi connectivity index (χ1) is 8.58. The fraction of sp³-hybridized carbons (Fsp3) is 0.833. The molecule has 0 aliphatic carbocycles. The maximum atomic E-state index is 12.3. The van der Waals surface area contributed by atoms with E-state index in [2.05, 4.69) is 10.5 Å². The number of hydrogen-bond donors (Lipinski definition) is 3. The number of oxime groups is 1. The maximum Gasteiger partial charge on any atom is 0.233 e. The van der Waals surface area contributed by atoms with Gasteiger partial charge in [0, 0.05) is 12.3 Å². The molecule has 0 aliphatic heterocycles. The Morgan fingerprint density at radius 3 is 2.33 bits per heavy atom. The van der Waals surface area contributed by atoms with E-state index in [0.717, 1.165) is 18.6 Å². The van der Waals surface area contributed by atoms with Crippen molar-refractivity contribution in [2.24, 2.45) is 16.3 Å². The molecule has 0 saturated carbocycles. The fourth-order valence-electron chi connectivity index (χ4n) is 2.11. The molecule has 0 spiro atoms. The van der Waals surface area contributed by atoms with Gasteiger partial charge < -0.3 is 16.3 Å². The van der Waals surface area contributed by atoms with Gasteiger partial charge in [-0.2, -0.15) is 11.8 Å². The lowest BCUT2D eigenvalue weighted by Crippen LogP contribution is -2.50. The number of thioether (sulfide) groups is 1. The average Bonchev–Trinajstić information content (AvgIpc) is 2.37. The fourth-order valence-corrected chi connectivity index (χ4v) is 2.42. The normalized spacial score (nSPS) is 12.5. The van der Waals surface area contributed by atoms with Crippen molar-refractivity contribution in [3.63, 3.8) is 0 Å². The molecule has 0 aromatic heterocycles. The van der Waals surface area contributed by atoms with Gasteiger partial charge in [-0.15, -0.1) is 0 Å². The van der Waals surface area contributed by atoms with E-state index < -0.39 is 5.41 Å². The second-order valence-corrected chi connectivity index (χ2v) is 5.30. The molecule has 106 valence electrons. The van der Waals surface area contributed by atoms with Crippen molar-refractivity contribution < 1.29 is 10.0 Å². The quantitative estimate of drug-likeness (QED) is 0.197. The number of rotatable bonds is 9. The summed E-state index contributed by atoms with van der Waals surface area (Å²) in [6.07, 6.45) is 4.81. The SMILES string of the molecule is CCCC(CCC)(C(=O)NCCSC)C(N)=NO. The van der Waals surface area contributed by atoms with Crippen LogP contribution in [0.5, 0.6) is 0 Å². The molecule has 0 aliphatic rings. The van der Waals surface area contributed by atoms with Crippen molar-refractivity contribution in [2.45, 2.75) is 39.5 Å². The summed E-state index contributed by atoms with van der Waals surface area (Å²) in [4.78, 5) is 12.3. The highest BCUT2D eigenvalue weighted by Gasteiger charge is 2.41. The smallest absolute Gasteiger partial charge is 0.233 e. The van der Waals surface area contributed by atoms with Crippen LogP contribution in [-0.4, -0.2) is 35.5 Å². The van der Waals surface area contributed by atoms with Crippen molar-refractivity contribution in [2.75, 3.05) is 18.6 Å². The van der Waals surface area contributed by atoms with E-state index >= 15 is 0 Å². The van der Waals surface area contributed by atoms with E-state index in [4.69, 9.17) is 10.9 Å². The molecule has 0 bridgehead atoms. The van der Waals surface area contributed by atoms with Gasteiger partial charge in [-0.05, 0) is 19.1 Å². The minimum absolute atomic E-state index is 0.0212. The molecule has 0 fully saturated rings. The summed E-state index contributed by atoms with van der Waals surface area (Å²) >= 11 is 1.67. The number of nitrogens with two attached hydrogens (primary N) is 1. The molecule has 0 rings (SSSR count). The van der Waals surface area contributed by atoms with Crippen LogP contribution in [0, 0.1) is 5.41 Å². The van der Waals surface area contributed by atoms with E-state index in [0.29, 0.717) is 19.4 Å². The third kappa shape index (κ3) is 4.40. The zero-order valence-corrected chi connectivity index (χ0v) is 12.3. The maximum absolute atomic E-state index is 12.3. The Kier molecular flexibility index (Phi) is 8.62. The van der Waals surface area contributed by atoms with E-state index in [1.165, 1.54) is 0 Å². The summed E-state index contributed by atoms with van der Waals surface area (Å²) in [6, 6.07) is 0. The predicted octanol–water partition coefficient (Wildman–Crippen LogP) is 1.80. The summed E-state index contributed by atoms with van der Waals surface area (Å²) in [5.41, 5.74) is 4.90. The number of amidine groups is 1. The molecule has 1 amide bonds. The van der Waals surface area contributed by atoms with Gasteiger partial charge in [-0.1, -0.05) is 31.8 Å². The topological polar surface area (TPSA) is 87.7 Å². The zero-order chi connectivity index (χ0) is 14.0. The van der Waals surface area contributed by atoms with Crippen LogP contribution in [0.1, 0.15) is 39.5 Å². The summed E-state index contributed by atoms with van der Waals surface area (Å²) in [6.45, 7) is 4.59. The van der Waals surface area contributed by atoms with Crippen LogP contribution in [0.2, 0.25) is 0 Å². The van der Waals surface area contributed by atoms with Crippen LogP contribution in [0.4, 0.5) is 0 Å². The van der Waals surface area contributed by atoms with Gasteiger partial charge in [-0.3, -0.25) is 4.79 Å². The van der Waals surface area contributed by atoms with Crippen molar-refractivity contribution in [3.8, 4) is 0 Å². The molecule has 0 atom stereocenters. The van der Waals surface area contributed by atoms with Crippen LogP contribution in [0.3, 0.4) is 0 Å². The minimum Gasteiger partial charge on any atom is -0.409 e. The standard InChI is InChI=1S/C12H25N3O2S/c1-4-6-12(7-5-2,10(13)15-17)11(16)14-8-9-18-3/h17H,4-9H2,1-3H3,(H2,13,15)(H,14,16). The lowest BCUT2D eigenvalue weighted by molar-refractivity contribution is -0.128. The molecule has 0 unspecified atom stereocenters. The summed E-state index contributed by atoms with van der Waals surface area (Å²) in [5, 5.41) is 14.9. The third-order valence-electron chi connectivity index (χ3n) is 2.98. The van der Waals surface area contributed by atoms with Crippen molar-refractivity contribution >= 4 is 23.5 Å². The van der Waals surface area contributed by atoms with Crippen molar-refractivity contribution in [1.29, 1.82) is 0 Å². The molecule has 4 N–H and O–H groups in total. The molecule has 0 saturated heterocycles. The van der Waals surface area contributed by atoms with E-state index in [9.17, 15) is 4.79 Å². The van der Waals surface area contributed by atoms with Gasteiger partial charge in [0.05, 0.1) is 0 Å². The van der Waals surface area contributed by atoms with Crippen LogP contribution < -0.4 is 11.1 Å². The predicted molar refractivity (Wildman–Crippen MR) is 77.0 cm³/mol. The number of carbonyl (C=O) groups excluding carboxylic acids is 1. The van der Waals surface area contributed by atoms with Crippen LogP contribution >= 0.6 is 11.8 Å². The Hall–Kier alpha value is -0.910. The van der Waals surface area contributed by atoms with Crippen molar-refractivity contribution in [1.82, 2.24) is 5.32 Å². The van der Waals surface area contributed by atoms with Crippen LogP contribution in [0.25, 0.3) is 0 Å². The highest BCUT2D eigenvalue weighted by Crippen LogP contribution is 2.30. The first-order valence-corrected chi connectivity index (χ1v) is 7.73. The lowest BCUT2D eigenvalue weighted by Gasteiger charge is -2.30. The lowest BCUT2D eigenvalue weighted by atomic mass is 9.77. The highest BCUT2D eigenvalue weighted by molar-refractivity contribution is 7.98. The third-order valence-corrected chi connectivity index (χ3v) is 3.59. The van der Waals surface area contributed by atoms with Crippen molar-refractivity contribution in [3.05, 3.63) is 0 Å². The van der Waals surface area contributed by atoms with Gasteiger partial charge in [-0.25, -0.2) is 0 Å². The monoisotopic (exact) mass is 275 g/mol. The highest BCUT2D eigenvalue weighted by atomic mass is 32.2. The van der Waals surface area contributed by atoms with Gasteiger partial charge >= 0.3 is 0 Å². The molecular formula is C12H25N3O2S. The summed E-state index contributed by atoms with van der Waals surface area (Å²) in [5.74, 6) is 0.749. The summed E-state index contributed by atoms with van der Waals surface area (Å²) in [7, 11) is 0. The first-order valence-electron chi connectivity index (χ1n) is 6.34. The average molecular weight is 275 g/mol. The van der Waals surface area contributed by atoms with Crippen LogP contribution in [-0.2, 0) is 4.79 Å². The van der Waals surface area contributed by atoms with Gasteiger partial charge in [0.1, 0.15) is 5.41 Å². The number of hydrogen-bond acceptors (Lipinski definition) is 4. The van der Waals surface area contributed by atoms with Gasteiger partial charge in [0.25, 0.3) is 0 Å². The Bertz CT molecular complexity index is 276. The van der Waals surface area contributed by atoms with Gasteiger partial charge in [0.15, 0.2) is 5.84 Å². The summed E-state index contributed by atoms with van der Waals surface area (Å²) < 4.78 is 0. The largest absolute Gasteiger partial charge is 0.409 e. The minimum atomic E-state index is -0.864. The zero-order valence-electron chi connectivity index (χ0n) is 11.5. The first kappa shape index (κ1) is 17.1. The molecule has 0 heterocycles. The second kappa shape index (κ2) is 9.08. The van der Waals surface area contributed by atoms with Crippen LogP contribution in [0.15, 0.2) is 5.16 Å².